The first-order valence-corrected chi connectivity index (χ1v) is 7.45. The lowest BCUT2D eigenvalue weighted by molar-refractivity contribution is -0.142. The molecular weight excluding hydrogens is 308 g/mol. The number of benzene rings is 1. The quantitative estimate of drug-likeness (QED) is 0.828. The zero-order valence-corrected chi connectivity index (χ0v) is 13.1. The number of hydrogen-bond acceptors (Lipinski definition) is 4. The van der Waals surface area contributed by atoms with Gasteiger partial charge in [-0.3, -0.25) is 14.5 Å². The second-order valence-corrected chi connectivity index (χ2v) is 5.64. The van der Waals surface area contributed by atoms with Crippen molar-refractivity contribution in [2.45, 2.75) is 25.4 Å². The number of likely N-dealkylation sites (tertiary alicyclic amines) is 1. The Morgan fingerprint density at radius 1 is 1.50 bits per heavy atom. The van der Waals surface area contributed by atoms with Gasteiger partial charge in [-0.15, -0.1) is 0 Å². The van der Waals surface area contributed by atoms with E-state index in [1.54, 1.807) is 30.2 Å². The summed E-state index contributed by atoms with van der Waals surface area (Å²) >= 11 is 5.94. The number of carbonyl (C=O) groups is 2. The molecule has 0 unspecified atom stereocenters. The molecule has 1 aliphatic heterocycles. The van der Waals surface area contributed by atoms with Crippen LogP contribution in [0, 0.1) is 0 Å². The van der Waals surface area contributed by atoms with E-state index in [4.69, 9.17) is 21.4 Å². The Balaban J connectivity index is 1.90. The third-order valence-electron chi connectivity index (χ3n) is 3.71. The number of rotatable bonds is 6. The minimum atomic E-state index is -0.873. The predicted octanol–water partition coefficient (Wildman–Crippen LogP) is 1.51. The van der Waals surface area contributed by atoms with Crippen molar-refractivity contribution in [1.29, 1.82) is 0 Å². The minimum absolute atomic E-state index is 0.0832. The molecule has 0 radical (unpaired) electrons. The highest BCUT2D eigenvalue weighted by molar-refractivity contribution is 6.30. The number of carbonyl (C=O) groups excluding carboxylic acids is 1. The van der Waals surface area contributed by atoms with E-state index in [-0.39, 0.29) is 19.0 Å². The predicted molar refractivity (Wildman–Crippen MR) is 82.1 cm³/mol. The normalized spacial score (nSPS) is 18.2. The van der Waals surface area contributed by atoms with Crippen LogP contribution in [0.3, 0.4) is 0 Å². The third-order valence-corrected chi connectivity index (χ3v) is 3.95. The number of halogens is 1. The number of carboxylic acids is 1. The Kier molecular flexibility index (Phi) is 5.63. The molecule has 0 saturated carbocycles. The Morgan fingerprint density at radius 2 is 2.27 bits per heavy atom. The Morgan fingerprint density at radius 3 is 2.95 bits per heavy atom. The van der Waals surface area contributed by atoms with Gasteiger partial charge in [-0.2, -0.15) is 0 Å². The van der Waals surface area contributed by atoms with E-state index in [2.05, 4.69) is 5.32 Å². The maximum Gasteiger partial charge on any atom is 0.320 e. The number of hydrogen-bond donors (Lipinski definition) is 2. The van der Waals surface area contributed by atoms with E-state index in [0.29, 0.717) is 23.7 Å². The topological polar surface area (TPSA) is 78.9 Å². The summed E-state index contributed by atoms with van der Waals surface area (Å²) in [6.45, 7) is 0.999. The molecule has 6 nitrogen and oxygen atoms in total. The number of amides is 1. The average molecular weight is 327 g/mol. The molecule has 120 valence electrons. The van der Waals surface area contributed by atoms with Crippen molar-refractivity contribution in [3.8, 4) is 5.75 Å². The highest BCUT2D eigenvalue weighted by atomic mass is 35.5. The lowest BCUT2D eigenvalue weighted by Gasteiger charge is -2.20. The van der Waals surface area contributed by atoms with Crippen LogP contribution in [0.15, 0.2) is 18.2 Å². The molecule has 0 aliphatic carbocycles. The van der Waals surface area contributed by atoms with Crippen LogP contribution < -0.4 is 10.1 Å². The number of nitrogens with one attached hydrogen (secondary N) is 1. The van der Waals surface area contributed by atoms with E-state index >= 15 is 0 Å². The molecule has 1 fully saturated rings. The average Bonchev–Trinajstić information content (AvgIpc) is 2.93. The van der Waals surface area contributed by atoms with Crippen LogP contribution in [-0.2, 0) is 16.1 Å². The van der Waals surface area contributed by atoms with Gasteiger partial charge in [0.1, 0.15) is 11.8 Å². The molecule has 0 spiro atoms. The standard InChI is InChI=1S/C15H19ClN2O4/c1-22-13-5-4-11(16)7-10(13)8-17-14(19)9-18-6-2-3-12(18)15(20)21/h4-5,7,12H,2-3,6,8-9H2,1H3,(H,17,19)(H,20,21)/t12-/m1/s1. The fourth-order valence-electron chi connectivity index (χ4n) is 2.61. The smallest absolute Gasteiger partial charge is 0.320 e. The van der Waals surface area contributed by atoms with E-state index < -0.39 is 12.0 Å². The SMILES string of the molecule is COc1ccc(Cl)cc1CNC(=O)CN1CCC[C@@H]1C(=O)O. The molecule has 1 saturated heterocycles. The summed E-state index contributed by atoms with van der Waals surface area (Å²) in [5, 5.41) is 12.4. The lowest BCUT2D eigenvalue weighted by atomic mass is 10.2. The zero-order valence-electron chi connectivity index (χ0n) is 12.3. The highest BCUT2D eigenvalue weighted by Crippen LogP contribution is 2.22. The van der Waals surface area contributed by atoms with Crippen LogP contribution in [0.25, 0.3) is 0 Å². The molecule has 1 aromatic rings. The lowest BCUT2D eigenvalue weighted by Crippen LogP contribution is -2.42. The molecule has 1 heterocycles. The molecule has 2 rings (SSSR count). The molecule has 2 N–H and O–H groups in total. The maximum atomic E-state index is 12.0. The van der Waals surface area contributed by atoms with E-state index in [1.165, 1.54) is 0 Å². The fourth-order valence-corrected chi connectivity index (χ4v) is 2.81. The molecule has 22 heavy (non-hydrogen) atoms. The summed E-state index contributed by atoms with van der Waals surface area (Å²) < 4.78 is 5.22. The van der Waals surface area contributed by atoms with Crippen LogP contribution in [0.2, 0.25) is 5.02 Å². The maximum absolute atomic E-state index is 12.0. The van der Waals surface area contributed by atoms with Crippen molar-refractivity contribution in [3.63, 3.8) is 0 Å². The Hall–Kier alpha value is -1.79. The monoisotopic (exact) mass is 326 g/mol. The summed E-state index contributed by atoms with van der Waals surface area (Å²) in [6.07, 6.45) is 1.39. The second kappa shape index (κ2) is 7.47. The zero-order chi connectivity index (χ0) is 16.1. The first-order chi connectivity index (χ1) is 10.5. The largest absolute Gasteiger partial charge is 0.496 e. The van der Waals surface area contributed by atoms with Crippen molar-refractivity contribution in [2.75, 3.05) is 20.2 Å². The van der Waals surface area contributed by atoms with Crippen LogP contribution in [0.1, 0.15) is 18.4 Å². The fraction of sp³-hybridized carbons (Fsp3) is 0.467. The summed E-state index contributed by atoms with van der Waals surface area (Å²) in [4.78, 5) is 24.8. The van der Waals surface area contributed by atoms with Gasteiger partial charge < -0.3 is 15.2 Å². The molecule has 1 aliphatic rings. The van der Waals surface area contributed by atoms with Gasteiger partial charge in [-0.1, -0.05) is 11.6 Å². The van der Waals surface area contributed by atoms with Crippen molar-refractivity contribution < 1.29 is 19.4 Å². The van der Waals surface area contributed by atoms with Crippen molar-refractivity contribution >= 4 is 23.5 Å². The van der Waals surface area contributed by atoms with E-state index in [9.17, 15) is 9.59 Å². The summed E-state index contributed by atoms with van der Waals surface area (Å²) in [5.74, 6) is -0.439. The van der Waals surface area contributed by atoms with Gasteiger partial charge in [0, 0.05) is 17.1 Å². The second-order valence-electron chi connectivity index (χ2n) is 5.20. The van der Waals surface area contributed by atoms with Crippen molar-refractivity contribution in [2.24, 2.45) is 0 Å². The molecular formula is C15H19ClN2O4. The van der Waals surface area contributed by atoms with E-state index in [1.807, 2.05) is 0 Å². The number of ether oxygens (including phenoxy) is 1. The molecule has 1 atom stereocenters. The number of carboxylic acid groups (broad SMARTS) is 1. The van der Waals surface area contributed by atoms with Gasteiger partial charge in [0.15, 0.2) is 0 Å². The van der Waals surface area contributed by atoms with Crippen molar-refractivity contribution in [1.82, 2.24) is 10.2 Å². The first kappa shape index (κ1) is 16.6. The van der Waals surface area contributed by atoms with Crippen LogP contribution in [-0.4, -0.2) is 48.1 Å². The van der Waals surface area contributed by atoms with Gasteiger partial charge in [-0.05, 0) is 37.6 Å². The minimum Gasteiger partial charge on any atom is -0.496 e. The van der Waals surface area contributed by atoms with Crippen LogP contribution in [0.5, 0.6) is 5.75 Å². The number of nitrogens with zero attached hydrogens (tertiary/aromatic N) is 1. The van der Waals surface area contributed by atoms with Gasteiger partial charge in [0.2, 0.25) is 5.91 Å². The van der Waals surface area contributed by atoms with E-state index in [0.717, 1.165) is 12.0 Å². The van der Waals surface area contributed by atoms with Crippen LogP contribution >= 0.6 is 11.6 Å². The van der Waals surface area contributed by atoms with Gasteiger partial charge in [0.25, 0.3) is 0 Å². The number of methoxy groups -OCH3 is 1. The molecule has 1 aromatic carbocycles. The van der Waals surface area contributed by atoms with Gasteiger partial charge in [-0.25, -0.2) is 0 Å². The summed E-state index contributed by atoms with van der Waals surface area (Å²) in [5.41, 5.74) is 0.777. The Bertz CT molecular complexity index is 564. The molecule has 0 bridgehead atoms. The van der Waals surface area contributed by atoms with Gasteiger partial charge >= 0.3 is 5.97 Å². The molecule has 0 aromatic heterocycles. The highest BCUT2D eigenvalue weighted by Gasteiger charge is 2.31. The molecule has 1 amide bonds. The third kappa shape index (κ3) is 4.11. The number of aliphatic carboxylic acids is 1. The van der Waals surface area contributed by atoms with Gasteiger partial charge in [0.05, 0.1) is 13.7 Å². The van der Waals surface area contributed by atoms with Crippen molar-refractivity contribution in [3.05, 3.63) is 28.8 Å². The summed E-state index contributed by atoms with van der Waals surface area (Å²) in [6, 6.07) is 4.63. The first-order valence-electron chi connectivity index (χ1n) is 7.07. The Labute approximate surface area is 134 Å². The molecule has 7 heteroatoms. The van der Waals surface area contributed by atoms with Crippen LogP contribution in [0.4, 0.5) is 0 Å². The summed E-state index contributed by atoms with van der Waals surface area (Å²) in [7, 11) is 1.55.